The van der Waals surface area contributed by atoms with Gasteiger partial charge >= 0.3 is 0 Å². The zero-order chi connectivity index (χ0) is 74.0. The lowest BCUT2D eigenvalue weighted by Gasteiger charge is -2.12. The van der Waals surface area contributed by atoms with Crippen molar-refractivity contribution in [3.8, 4) is 113 Å². The second-order valence-corrected chi connectivity index (χ2v) is 28.5. The maximum atomic E-state index is 5.15. The molecule has 0 atom stereocenters. The van der Waals surface area contributed by atoms with Crippen LogP contribution in [0, 0.1) is 0 Å². The van der Waals surface area contributed by atoms with Gasteiger partial charge in [0.15, 0.2) is 11.6 Å². The molecule has 0 amide bonds. The van der Waals surface area contributed by atoms with E-state index in [1.54, 1.807) is 0 Å². The number of fused-ring (bicyclic) bond motifs is 12. The predicted molar refractivity (Wildman–Crippen MR) is 465 cm³/mol. The lowest BCUT2D eigenvalue weighted by atomic mass is 10.0. The van der Waals surface area contributed by atoms with E-state index in [4.69, 9.17) is 19.9 Å². The monoisotopic (exact) mass is 1430 g/mol. The molecule has 0 radical (unpaired) electrons. The molecule has 0 fully saturated rings. The molecule has 0 aliphatic rings. The zero-order valence-corrected chi connectivity index (χ0v) is 60.8. The molecule has 0 spiro atoms. The van der Waals surface area contributed by atoms with Gasteiger partial charge in [0.05, 0.1) is 66.9 Å². The Hall–Kier alpha value is -15.1. The molecule has 0 saturated carbocycles. The predicted octanol–water partition coefficient (Wildman–Crippen LogP) is 26.7. The van der Waals surface area contributed by atoms with E-state index in [0.29, 0.717) is 11.6 Å². The van der Waals surface area contributed by atoms with Crippen LogP contribution in [0.5, 0.6) is 0 Å². The molecule has 16 aromatic carbocycles. The summed E-state index contributed by atoms with van der Waals surface area (Å²) in [4.78, 5) is 20.6. The van der Waals surface area contributed by atoms with Gasteiger partial charge in [-0.3, -0.25) is 0 Å². The molecule has 0 unspecified atom stereocenters. The highest BCUT2D eigenvalue weighted by molar-refractivity contribution is 6.15. The molecule has 0 aliphatic carbocycles. The minimum atomic E-state index is 0.691. The maximum Gasteiger partial charge on any atom is 0.160 e. The summed E-state index contributed by atoms with van der Waals surface area (Å²) in [6.07, 6.45) is 0. The van der Waals surface area contributed by atoms with Gasteiger partial charge in [-0.2, -0.15) is 0 Å². The fraction of sp³-hybridized carbons (Fsp3) is 0. The van der Waals surface area contributed by atoms with Crippen LogP contribution >= 0.6 is 0 Å². The highest BCUT2D eigenvalue weighted by atomic mass is 15.0. The number of benzene rings is 16. The Kier molecular flexibility index (Phi) is 16.1. The number of rotatable bonds is 12. The van der Waals surface area contributed by atoms with E-state index in [1.165, 1.54) is 87.4 Å². The third-order valence-electron chi connectivity index (χ3n) is 21.8. The Labute approximate surface area is 646 Å². The van der Waals surface area contributed by atoms with Crippen molar-refractivity contribution < 1.29 is 0 Å². The second-order valence-electron chi connectivity index (χ2n) is 28.5. The molecule has 0 bridgehead atoms. The molecule has 0 aliphatic heterocycles. The van der Waals surface area contributed by atoms with Gasteiger partial charge in [-0.25, -0.2) is 19.9 Å². The van der Waals surface area contributed by atoms with Crippen LogP contribution in [0.25, 0.3) is 200 Å². The van der Waals surface area contributed by atoms with E-state index in [9.17, 15) is 0 Å². The summed E-state index contributed by atoms with van der Waals surface area (Å²) < 4.78 is 9.50. The molecule has 524 valence electrons. The third kappa shape index (κ3) is 11.6. The Morgan fingerprint density at radius 2 is 0.375 bits per heavy atom. The lowest BCUT2D eigenvalue weighted by Crippen LogP contribution is -1.98. The molecule has 6 aromatic heterocycles. The number of hydrogen-bond acceptors (Lipinski definition) is 4. The van der Waals surface area contributed by atoms with Crippen LogP contribution in [0.2, 0.25) is 0 Å². The minimum Gasteiger partial charge on any atom is -0.309 e. The molecule has 22 rings (SSSR count). The van der Waals surface area contributed by atoms with E-state index in [2.05, 4.69) is 407 Å². The fourth-order valence-corrected chi connectivity index (χ4v) is 16.6. The Balaban J connectivity index is 0.000000141. The Morgan fingerprint density at radius 1 is 0.134 bits per heavy atom. The maximum absolute atomic E-state index is 5.15. The van der Waals surface area contributed by atoms with Crippen molar-refractivity contribution >= 4 is 87.2 Å². The first kappa shape index (κ1) is 65.2. The van der Waals surface area contributed by atoms with Crippen LogP contribution in [0.1, 0.15) is 0 Å². The molecule has 22 aromatic rings. The van der Waals surface area contributed by atoms with Gasteiger partial charge in [-0.15, -0.1) is 0 Å². The SMILES string of the molecule is c1ccc(-c2cc(-c3ccccc3)nc(-c3cccc(-n4c5ccccc5c5cc(-c6ccc7c8ccccc8n(-c8ccccc8)c7c6)ccc54)c3)n2)cc1.c1ccc(-c2cc(-c3ccccc3)nc(-c3cccc(-n4c5ccccc5c5ccc(-c6ccc7c(c6)c6ccccc6n7-c6ccccc6)cc54)c3)n2)cc1. The third-order valence-corrected chi connectivity index (χ3v) is 21.8. The van der Waals surface area contributed by atoms with E-state index in [0.717, 1.165) is 101 Å². The van der Waals surface area contributed by atoms with Crippen molar-refractivity contribution in [1.29, 1.82) is 0 Å². The van der Waals surface area contributed by atoms with Gasteiger partial charge in [0, 0.05) is 99.2 Å². The van der Waals surface area contributed by atoms with Gasteiger partial charge in [0.1, 0.15) is 0 Å². The molecule has 8 heteroatoms. The topological polar surface area (TPSA) is 71.3 Å². The van der Waals surface area contributed by atoms with Crippen molar-refractivity contribution in [1.82, 2.24) is 38.2 Å². The molecular formula is C104H68N8. The van der Waals surface area contributed by atoms with E-state index < -0.39 is 0 Å². The normalized spacial score (nSPS) is 11.6. The lowest BCUT2D eigenvalue weighted by molar-refractivity contribution is 1.16. The molecule has 112 heavy (non-hydrogen) atoms. The molecule has 8 nitrogen and oxygen atoms in total. The summed E-state index contributed by atoms with van der Waals surface area (Å²) in [6, 6.07) is 146. The van der Waals surface area contributed by atoms with Gasteiger partial charge in [0.2, 0.25) is 0 Å². The average Bonchev–Trinajstić information content (AvgIpc) is 1.59. The van der Waals surface area contributed by atoms with Gasteiger partial charge in [0.25, 0.3) is 0 Å². The first-order chi connectivity index (χ1) is 55.5. The molecular weight excluding hydrogens is 1360 g/mol. The average molecular weight is 1430 g/mol. The summed E-state index contributed by atoms with van der Waals surface area (Å²) in [7, 11) is 0. The first-order valence-corrected chi connectivity index (χ1v) is 38.0. The van der Waals surface area contributed by atoms with Crippen molar-refractivity contribution in [3.05, 3.63) is 413 Å². The van der Waals surface area contributed by atoms with Crippen LogP contribution in [-0.2, 0) is 0 Å². The van der Waals surface area contributed by atoms with Crippen molar-refractivity contribution in [2.24, 2.45) is 0 Å². The Morgan fingerprint density at radius 3 is 0.732 bits per heavy atom. The number of para-hydroxylation sites is 6. The smallest absolute Gasteiger partial charge is 0.160 e. The van der Waals surface area contributed by atoms with Gasteiger partial charge in [-0.1, -0.05) is 291 Å². The number of hydrogen-bond donors (Lipinski definition) is 0. The van der Waals surface area contributed by atoms with E-state index in [-0.39, 0.29) is 0 Å². The van der Waals surface area contributed by atoms with Crippen molar-refractivity contribution in [2.45, 2.75) is 0 Å². The molecule has 0 N–H and O–H groups in total. The highest BCUT2D eigenvalue weighted by Gasteiger charge is 2.22. The summed E-state index contributed by atoms with van der Waals surface area (Å²) in [5, 5.41) is 9.84. The standard InChI is InChI=1S/2C52H34N4/c1-4-15-35(16-5-1)46-34-47(36-17-6-2-7-18-36)54-52(53-46)39-19-14-22-41(31-39)56-48-25-12-10-23-42(48)44-29-27-38(33-51(44)56)37-28-30-50-45(32-37)43-24-11-13-26-49(43)55(50)40-20-8-3-9-21-40;1-4-15-35(16-5-1)46-34-47(36-17-6-2-7-18-36)54-52(53-46)39-19-14-22-41(31-39)56-49-26-13-11-24-43(49)45-32-37(28-30-50(45)56)38-27-29-44-42-23-10-12-25-48(42)55(51(44)33-38)40-20-8-3-9-21-40/h2*1-34H. The number of aromatic nitrogens is 8. The summed E-state index contributed by atoms with van der Waals surface area (Å²) in [5.74, 6) is 1.38. The van der Waals surface area contributed by atoms with Crippen LogP contribution in [0.15, 0.2) is 413 Å². The quantitative estimate of drug-likeness (QED) is 0.122. The molecule has 6 heterocycles. The second kappa shape index (κ2) is 27.6. The van der Waals surface area contributed by atoms with E-state index in [1.807, 2.05) is 24.3 Å². The first-order valence-electron chi connectivity index (χ1n) is 38.0. The fourth-order valence-electron chi connectivity index (χ4n) is 16.6. The van der Waals surface area contributed by atoms with Gasteiger partial charge < -0.3 is 18.3 Å². The van der Waals surface area contributed by atoms with Crippen LogP contribution in [-0.4, -0.2) is 38.2 Å². The highest BCUT2D eigenvalue weighted by Crippen LogP contribution is 2.43. The minimum absolute atomic E-state index is 0.691. The summed E-state index contributed by atoms with van der Waals surface area (Å²) in [5.41, 5.74) is 28.3. The largest absolute Gasteiger partial charge is 0.309 e. The zero-order valence-electron chi connectivity index (χ0n) is 60.8. The summed E-state index contributed by atoms with van der Waals surface area (Å²) >= 11 is 0. The van der Waals surface area contributed by atoms with Gasteiger partial charge in [-0.05, 0) is 144 Å². The Bertz CT molecular complexity index is 7230. The van der Waals surface area contributed by atoms with Crippen LogP contribution in [0.3, 0.4) is 0 Å². The van der Waals surface area contributed by atoms with Crippen molar-refractivity contribution in [3.63, 3.8) is 0 Å². The summed E-state index contributed by atoms with van der Waals surface area (Å²) in [6.45, 7) is 0. The molecule has 0 saturated heterocycles. The van der Waals surface area contributed by atoms with Crippen molar-refractivity contribution in [2.75, 3.05) is 0 Å². The van der Waals surface area contributed by atoms with E-state index >= 15 is 0 Å². The number of nitrogens with zero attached hydrogens (tertiary/aromatic N) is 8. The van der Waals surface area contributed by atoms with Crippen LogP contribution in [0.4, 0.5) is 0 Å². The van der Waals surface area contributed by atoms with Crippen LogP contribution < -0.4 is 0 Å².